The van der Waals surface area contributed by atoms with Crippen LogP contribution in [0.1, 0.15) is 27.7 Å². The number of hydrogen-bond acceptors (Lipinski definition) is 2. The van der Waals surface area contributed by atoms with Crippen molar-refractivity contribution >= 4 is 17.0 Å². The van der Waals surface area contributed by atoms with Crippen molar-refractivity contribution in [1.29, 1.82) is 0 Å². The van der Waals surface area contributed by atoms with Crippen LogP contribution in [0.2, 0.25) is 30.2 Å². The number of hydrazine groups is 1. The first-order chi connectivity index (χ1) is 7.32. The molecule has 0 aromatic rings. The van der Waals surface area contributed by atoms with E-state index in [-0.39, 0.29) is 0 Å². The molecule has 0 aromatic heterocycles. The third-order valence-electron chi connectivity index (χ3n) is 4.27. The quantitative estimate of drug-likeness (QED) is 0.716. The third-order valence-corrected chi connectivity index (χ3v) is 12.2. The van der Waals surface area contributed by atoms with Crippen LogP contribution in [0.4, 0.5) is 0 Å². The van der Waals surface area contributed by atoms with Crippen molar-refractivity contribution in [2.75, 3.05) is 19.8 Å². The standard InChI is InChI=1S/C12H30N2Si2/c1-11(2)16(12(3)4)9-8-13(5)14(16)10-15(6)7/h11-12,15H,8-10H2,1-7H3. The minimum absolute atomic E-state index is 0.508. The van der Waals surface area contributed by atoms with Crippen molar-refractivity contribution < 1.29 is 0 Å². The van der Waals surface area contributed by atoms with E-state index in [4.69, 9.17) is 0 Å². The Morgan fingerprint density at radius 2 is 1.62 bits per heavy atom. The molecule has 4 heteroatoms. The molecule has 1 saturated heterocycles. The fraction of sp³-hybridized carbons (Fsp3) is 1.00. The van der Waals surface area contributed by atoms with Crippen molar-refractivity contribution in [2.24, 2.45) is 0 Å². The highest BCUT2D eigenvalue weighted by molar-refractivity contribution is 6.81. The van der Waals surface area contributed by atoms with Crippen LogP contribution in [0, 0.1) is 0 Å². The lowest BCUT2D eigenvalue weighted by molar-refractivity contribution is 0.130. The van der Waals surface area contributed by atoms with Crippen LogP contribution in [-0.4, -0.2) is 46.5 Å². The summed E-state index contributed by atoms with van der Waals surface area (Å²) in [7, 11) is 0.546. The van der Waals surface area contributed by atoms with Crippen molar-refractivity contribution in [1.82, 2.24) is 9.68 Å². The zero-order valence-electron chi connectivity index (χ0n) is 12.2. The van der Waals surface area contributed by atoms with Gasteiger partial charge in [-0.3, -0.25) is 9.68 Å². The second kappa shape index (κ2) is 5.33. The number of nitrogens with zero attached hydrogens (tertiary/aromatic N) is 2. The van der Waals surface area contributed by atoms with Gasteiger partial charge in [0, 0.05) is 22.4 Å². The summed E-state index contributed by atoms with van der Waals surface area (Å²) in [5, 5.41) is 2.54. The zero-order chi connectivity index (χ0) is 12.5. The van der Waals surface area contributed by atoms with Gasteiger partial charge in [-0.25, -0.2) is 0 Å². The number of hydrogen-bond donors (Lipinski definition) is 0. The average Bonchev–Trinajstić information content (AvgIpc) is 2.44. The SMILES string of the molecule is CC(C)[Si]1(C(C)C)CCN(C)N1C[SiH](C)C. The van der Waals surface area contributed by atoms with Gasteiger partial charge in [-0.15, -0.1) is 0 Å². The summed E-state index contributed by atoms with van der Waals surface area (Å²) >= 11 is 0. The molecule has 2 nitrogen and oxygen atoms in total. The normalized spacial score (nSPS) is 22.9. The third kappa shape index (κ3) is 2.45. The summed E-state index contributed by atoms with van der Waals surface area (Å²) in [6.45, 7) is 16.1. The van der Waals surface area contributed by atoms with E-state index in [1.54, 1.807) is 0 Å². The van der Waals surface area contributed by atoms with Gasteiger partial charge >= 0.3 is 0 Å². The lowest BCUT2D eigenvalue weighted by Gasteiger charge is -2.45. The van der Waals surface area contributed by atoms with Gasteiger partial charge in [0.25, 0.3) is 0 Å². The molecule has 1 heterocycles. The van der Waals surface area contributed by atoms with E-state index in [1.807, 2.05) is 0 Å². The minimum atomic E-state index is -1.25. The summed E-state index contributed by atoms with van der Waals surface area (Å²) < 4.78 is 2.85. The first-order valence-electron chi connectivity index (χ1n) is 6.81. The molecule has 0 amide bonds. The molecule has 1 rings (SSSR count). The van der Waals surface area contributed by atoms with Gasteiger partial charge in [0.05, 0.1) is 0 Å². The molecule has 0 N–H and O–H groups in total. The Labute approximate surface area is 105 Å². The zero-order valence-corrected chi connectivity index (χ0v) is 14.4. The van der Waals surface area contributed by atoms with Crippen LogP contribution in [-0.2, 0) is 0 Å². The van der Waals surface area contributed by atoms with Crippen molar-refractivity contribution in [3.05, 3.63) is 0 Å². The molecule has 1 fully saturated rings. The minimum Gasteiger partial charge on any atom is -0.266 e. The van der Waals surface area contributed by atoms with E-state index in [1.165, 1.54) is 18.8 Å². The van der Waals surface area contributed by atoms with Crippen LogP contribution in [0.5, 0.6) is 0 Å². The number of rotatable bonds is 4. The molecule has 0 atom stereocenters. The van der Waals surface area contributed by atoms with Crippen LogP contribution in [0.15, 0.2) is 0 Å². The second-order valence-corrected chi connectivity index (χ2v) is 14.9. The average molecular weight is 259 g/mol. The highest BCUT2D eigenvalue weighted by Crippen LogP contribution is 2.43. The van der Waals surface area contributed by atoms with E-state index in [0.717, 1.165) is 11.1 Å². The molecule has 0 aromatic carbocycles. The molecular formula is C12H30N2Si2. The van der Waals surface area contributed by atoms with Gasteiger partial charge in [0.15, 0.2) is 8.24 Å². The molecule has 0 saturated carbocycles. The first kappa shape index (κ1) is 14.4. The Bertz CT molecular complexity index is 221. The van der Waals surface area contributed by atoms with E-state index in [0.29, 0.717) is 0 Å². The summed E-state index contributed by atoms with van der Waals surface area (Å²) in [5.41, 5.74) is 1.76. The first-order valence-corrected chi connectivity index (χ1v) is 12.2. The highest BCUT2D eigenvalue weighted by atomic mass is 28.3. The molecule has 1 aliphatic heterocycles. The molecule has 0 aliphatic carbocycles. The van der Waals surface area contributed by atoms with Crippen LogP contribution >= 0.6 is 0 Å². The van der Waals surface area contributed by atoms with Crippen molar-refractivity contribution in [3.8, 4) is 0 Å². The summed E-state index contributed by atoms with van der Waals surface area (Å²) in [6, 6.07) is 1.47. The van der Waals surface area contributed by atoms with Gasteiger partial charge in [-0.2, -0.15) is 0 Å². The Balaban J connectivity index is 2.97. The van der Waals surface area contributed by atoms with Crippen molar-refractivity contribution in [2.45, 2.75) is 57.9 Å². The van der Waals surface area contributed by atoms with Gasteiger partial charge < -0.3 is 0 Å². The predicted molar refractivity (Wildman–Crippen MR) is 79.0 cm³/mol. The Morgan fingerprint density at radius 1 is 1.12 bits per heavy atom. The molecule has 96 valence electrons. The van der Waals surface area contributed by atoms with E-state index < -0.39 is 17.0 Å². The highest BCUT2D eigenvalue weighted by Gasteiger charge is 2.50. The molecule has 0 unspecified atom stereocenters. The van der Waals surface area contributed by atoms with E-state index in [9.17, 15) is 0 Å². The molecule has 0 spiro atoms. The van der Waals surface area contributed by atoms with E-state index in [2.05, 4.69) is 57.5 Å². The van der Waals surface area contributed by atoms with Gasteiger partial charge in [-0.1, -0.05) is 40.8 Å². The van der Waals surface area contributed by atoms with Crippen LogP contribution < -0.4 is 0 Å². The summed E-state index contributed by atoms with van der Waals surface area (Å²) in [6.07, 6.45) is 1.39. The fourth-order valence-corrected chi connectivity index (χ4v) is 12.2. The summed E-state index contributed by atoms with van der Waals surface area (Å²) in [5.74, 6) is 0. The maximum Gasteiger partial charge on any atom is 0.152 e. The largest absolute Gasteiger partial charge is 0.266 e. The monoisotopic (exact) mass is 258 g/mol. The van der Waals surface area contributed by atoms with E-state index >= 15 is 0 Å². The molecule has 1 aliphatic rings. The second-order valence-electron chi connectivity index (χ2n) is 6.41. The Kier molecular flexibility index (Phi) is 4.81. The Morgan fingerprint density at radius 3 is 2.00 bits per heavy atom. The lowest BCUT2D eigenvalue weighted by atomic mass is 10.5. The van der Waals surface area contributed by atoms with Crippen LogP contribution in [0.3, 0.4) is 0 Å². The van der Waals surface area contributed by atoms with Gasteiger partial charge in [0.1, 0.15) is 0 Å². The fourth-order valence-electron chi connectivity index (χ4n) is 3.40. The molecule has 0 bridgehead atoms. The molecular weight excluding hydrogens is 228 g/mol. The molecule has 0 radical (unpaired) electrons. The van der Waals surface area contributed by atoms with Gasteiger partial charge in [0.2, 0.25) is 0 Å². The van der Waals surface area contributed by atoms with Crippen molar-refractivity contribution in [3.63, 3.8) is 0 Å². The summed E-state index contributed by atoms with van der Waals surface area (Å²) in [4.78, 5) is 0. The lowest BCUT2D eigenvalue weighted by Crippen LogP contribution is -2.59. The molecule has 16 heavy (non-hydrogen) atoms. The topological polar surface area (TPSA) is 6.48 Å². The predicted octanol–water partition coefficient (Wildman–Crippen LogP) is 2.94. The maximum absolute atomic E-state index is 2.85. The maximum atomic E-state index is 2.85. The smallest absolute Gasteiger partial charge is 0.152 e. The van der Waals surface area contributed by atoms with Crippen LogP contribution in [0.25, 0.3) is 0 Å². The Hall–Kier alpha value is 0.354. The van der Waals surface area contributed by atoms with Gasteiger partial charge in [-0.05, 0) is 23.3 Å².